The quantitative estimate of drug-likeness (QED) is 0.690. The van der Waals surface area contributed by atoms with Gasteiger partial charge in [-0.25, -0.2) is 16.8 Å². The van der Waals surface area contributed by atoms with Crippen molar-refractivity contribution in [1.29, 1.82) is 0 Å². The van der Waals surface area contributed by atoms with E-state index >= 15 is 0 Å². The molecule has 11 heteroatoms. The van der Waals surface area contributed by atoms with Crippen LogP contribution >= 0.6 is 11.8 Å². The van der Waals surface area contributed by atoms with Gasteiger partial charge in [0.05, 0.1) is 4.90 Å². The van der Waals surface area contributed by atoms with Crippen LogP contribution in [0.5, 0.6) is 0 Å². The van der Waals surface area contributed by atoms with Crippen molar-refractivity contribution in [2.45, 2.75) is 16.3 Å². The fourth-order valence-corrected chi connectivity index (χ4v) is 5.92. The van der Waals surface area contributed by atoms with E-state index in [-0.39, 0.29) is 22.0 Å². The molecule has 0 atom stereocenters. The highest BCUT2D eigenvalue weighted by Crippen LogP contribution is 2.21. The third kappa shape index (κ3) is 4.77. The minimum atomic E-state index is -3.61. The smallest absolute Gasteiger partial charge is 0.268 e. The number of hydrogen-bond donors (Lipinski definition) is 2. The second-order valence-electron chi connectivity index (χ2n) is 6.36. The molecular weight excluding hydrogens is 422 g/mol. The number of carbonyl (C=O) groups excluding carboxylic acids is 1. The van der Waals surface area contributed by atoms with Crippen molar-refractivity contribution in [3.63, 3.8) is 0 Å². The van der Waals surface area contributed by atoms with Gasteiger partial charge in [-0.05, 0) is 23.8 Å². The molecule has 1 saturated heterocycles. The van der Waals surface area contributed by atoms with Gasteiger partial charge in [-0.15, -0.1) is 0 Å². The van der Waals surface area contributed by atoms with Gasteiger partial charge in [0.25, 0.3) is 5.91 Å². The Morgan fingerprint density at radius 3 is 2.36 bits per heavy atom. The topological polar surface area (TPSA) is 116 Å². The molecule has 0 saturated carbocycles. The maximum absolute atomic E-state index is 12.6. The minimum Gasteiger partial charge on any atom is -0.356 e. The van der Waals surface area contributed by atoms with Gasteiger partial charge in [0.2, 0.25) is 10.0 Å². The number of thioether (sulfide) groups is 1. The molecule has 0 aliphatic carbocycles. The van der Waals surface area contributed by atoms with Crippen LogP contribution < -0.4 is 5.32 Å². The Morgan fingerprint density at radius 2 is 1.75 bits per heavy atom. The van der Waals surface area contributed by atoms with Crippen molar-refractivity contribution in [2.24, 2.45) is 0 Å². The van der Waals surface area contributed by atoms with E-state index in [0.717, 1.165) is 23.3 Å². The SMILES string of the molecule is CS(=O)(=O)c1ccc(CNC(=O)c2cc(S(=O)(=O)N3CCSCC3)c[nH]2)cc1. The molecule has 1 aliphatic rings. The zero-order valence-electron chi connectivity index (χ0n) is 15.2. The van der Waals surface area contributed by atoms with Crippen LogP contribution in [0.3, 0.4) is 0 Å². The molecule has 152 valence electrons. The first kappa shape index (κ1) is 20.9. The number of sulfonamides is 1. The van der Waals surface area contributed by atoms with Crippen molar-refractivity contribution in [3.05, 3.63) is 47.8 Å². The Labute approximate surface area is 168 Å². The van der Waals surface area contributed by atoms with Crippen molar-refractivity contribution >= 4 is 37.5 Å². The molecule has 2 heterocycles. The third-order valence-electron chi connectivity index (χ3n) is 4.31. The third-order valence-corrected chi connectivity index (χ3v) is 8.26. The molecule has 0 spiro atoms. The summed E-state index contributed by atoms with van der Waals surface area (Å²) >= 11 is 1.72. The fourth-order valence-electron chi connectivity index (χ4n) is 2.72. The number of H-pyrrole nitrogens is 1. The largest absolute Gasteiger partial charge is 0.356 e. The molecule has 8 nitrogen and oxygen atoms in total. The number of benzene rings is 1. The number of rotatable bonds is 6. The number of aromatic nitrogens is 1. The van der Waals surface area contributed by atoms with Gasteiger partial charge in [0.1, 0.15) is 10.6 Å². The van der Waals surface area contributed by atoms with Gasteiger partial charge in [-0.2, -0.15) is 16.1 Å². The highest BCUT2D eigenvalue weighted by atomic mass is 32.2. The van der Waals surface area contributed by atoms with Crippen LogP contribution in [0.25, 0.3) is 0 Å². The molecular formula is C17H21N3O5S3. The molecule has 2 N–H and O–H groups in total. The van der Waals surface area contributed by atoms with E-state index in [1.807, 2.05) is 0 Å². The number of hydrogen-bond acceptors (Lipinski definition) is 6. The van der Waals surface area contributed by atoms with Crippen LogP contribution in [0.4, 0.5) is 0 Å². The molecule has 0 bridgehead atoms. The second kappa shape index (κ2) is 8.27. The Hall–Kier alpha value is -1.82. The summed E-state index contributed by atoms with van der Waals surface area (Å²) in [6.07, 6.45) is 2.45. The van der Waals surface area contributed by atoms with Gasteiger partial charge in [-0.1, -0.05) is 12.1 Å². The number of nitrogens with zero attached hydrogens (tertiary/aromatic N) is 1. The minimum absolute atomic E-state index is 0.0713. The lowest BCUT2D eigenvalue weighted by Crippen LogP contribution is -2.37. The summed E-state index contributed by atoms with van der Waals surface area (Å²) in [5.74, 6) is 1.08. The molecule has 1 aliphatic heterocycles. The predicted octanol–water partition coefficient (Wildman–Crippen LogP) is 1.09. The normalized spacial score (nSPS) is 16.0. The second-order valence-corrected chi connectivity index (χ2v) is 11.5. The molecule has 0 radical (unpaired) electrons. The number of sulfone groups is 1. The molecule has 3 rings (SSSR count). The van der Waals surface area contributed by atoms with E-state index in [1.54, 1.807) is 23.9 Å². The molecule has 28 heavy (non-hydrogen) atoms. The van der Waals surface area contributed by atoms with Crippen molar-refractivity contribution in [1.82, 2.24) is 14.6 Å². The molecule has 1 amide bonds. The summed E-state index contributed by atoms with van der Waals surface area (Å²) in [5, 5.41) is 2.69. The monoisotopic (exact) mass is 443 g/mol. The first-order valence-electron chi connectivity index (χ1n) is 8.51. The number of amides is 1. The van der Waals surface area contributed by atoms with E-state index in [4.69, 9.17) is 0 Å². The van der Waals surface area contributed by atoms with Gasteiger partial charge < -0.3 is 10.3 Å². The maximum Gasteiger partial charge on any atom is 0.268 e. The van der Waals surface area contributed by atoms with Crippen LogP contribution in [0.15, 0.2) is 46.3 Å². The van der Waals surface area contributed by atoms with E-state index in [0.29, 0.717) is 13.1 Å². The van der Waals surface area contributed by atoms with Crippen LogP contribution in [0.1, 0.15) is 16.1 Å². The molecule has 2 aromatic rings. The van der Waals surface area contributed by atoms with Crippen molar-refractivity contribution in [3.8, 4) is 0 Å². The number of nitrogens with one attached hydrogen (secondary N) is 2. The maximum atomic E-state index is 12.6. The van der Waals surface area contributed by atoms with Gasteiger partial charge in [-0.3, -0.25) is 4.79 Å². The van der Waals surface area contributed by atoms with E-state index < -0.39 is 25.8 Å². The standard InChI is InChI=1S/C17H21N3O5S3/c1-27(22,23)14-4-2-13(3-5-14)11-19-17(21)16-10-15(12-18-16)28(24,25)20-6-8-26-9-7-20/h2-5,10,12,18H,6-9,11H2,1H3,(H,19,21). The predicted molar refractivity (Wildman–Crippen MR) is 108 cm³/mol. The molecule has 0 unspecified atom stereocenters. The first-order valence-corrected chi connectivity index (χ1v) is 13.0. The highest BCUT2D eigenvalue weighted by molar-refractivity contribution is 7.99. The Balaban J connectivity index is 1.64. The Kier molecular flexibility index (Phi) is 6.18. The zero-order chi connectivity index (χ0) is 20.4. The summed E-state index contributed by atoms with van der Waals surface area (Å²) < 4.78 is 49.6. The lowest BCUT2D eigenvalue weighted by Gasteiger charge is -2.24. The van der Waals surface area contributed by atoms with Gasteiger partial charge in [0.15, 0.2) is 9.84 Å². The average Bonchev–Trinajstić information content (AvgIpc) is 3.17. The Bertz CT molecular complexity index is 1050. The Morgan fingerprint density at radius 1 is 1.11 bits per heavy atom. The first-order chi connectivity index (χ1) is 13.2. The molecule has 1 aromatic carbocycles. The van der Waals surface area contributed by atoms with Crippen LogP contribution in [0, 0.1) is 0 Å². The van der Waals surface area contributed by atoms with Crippen LogP contribution in [0.2, 0.25) is 0 Å². The lowest BCUT2D eigenvalue weighted by molar-refractivity contribution is 0.0946. The van der Waals surface area contributed by atoms with E-state index in [2.05, 4.69) is 10.3 Å². The van der Waals surface area contributed by atoms with Crippen molar-refractivity contribution in [2.75, 3.05) is 30.9 Å². The average molecular weight is 444 g/mol. The summed E-state index contributed by atoms with van der Waals surface area (Å²) in [6, 6.07) is 7.53. The lowest BCUT2D eigenvalue weighted by atomic mass is 10.2. The summed E-state index contributed by atoms with van der Waals surface area (Å²) in [4.78, 5) is 15.3. The molecule has 1 aromatic heterocycles. The van der Waals surface area contributed by atoms with Crippen LogP contribution in [-0.2, 0) is 26.4 Å². The number of aromatic amines is 1. The highest BCUT2D eigenvalue weighted by Gasteiger charge is 2.27. The van der Waals surface area contributed by atoms with Gasteiger partial charge in [0, 0.05) is 43.6 Å². The number of carbonyl (C=O) groups is 1. The summed E-state index contributed by atoms with van der Waals surface area (Å²) in [7, 11) is -6.88. The summed E-state index contributed by atoms with van der Waals surface area (Å²) in [6.45, 7) is 1.11. The molecule has 1 fully saturated rings. The van der Waals surface area contributed by atoms with Gasteiger partial charge >= 0.3 is 0 Å². The zero-order valence-corrected chi connectivity index (χ0v) is 17.7. The van der Waals surface area contributed by atoms with Crippen LogP contribution in [-0.4, -0.2) is 62.9 Å². The van der Waals surface area contributed by atoms with E-state index in [1.165, 1.54) is 28.7 Å². The van der Waals surface area contributed by atoms with E-state index in [9.17, 15) is 21.6 Å². The fraction of sp³-hybridized carbons (Fsp3) is 0.353. The van der Waals surface area contributed by atoms with Crippen molar-refractivity contribution < 1.29 is 21.6 Å². The summed E-state index contributed by atoms with van der Waals surface area (Å²) in [5.41, 5.74) is 0.878.